The fourth-order valence-electron chi connectivity index (χ4n) is 6.36. The topological polar surface area (TPSA) is 112 Å². The van der Waals surface area contributed by atoms with Gasteiger partial charge in [0.1, 0.15) is 17.3 Å². The van der Waals surface area contributed by atoms with Crippen LogP contribution in [0, 0.1) is 11.6 Å². The van der Waals surface area contributed by atoms with E-state index in [2.05, 4.69) is 27.2 Å². The average Bonchev–Trinajstić information content (AvgIpc) is 3.02. The highest BCUT2D eigenvalue weighted by molar-refractivity contribution is 5.97. The number of nitrogens with zero attached hydrogens (tertiary/aromatic N) is 5. The van der Waals surface area contributed by atoms with E-state index in [0.29, 0.717) is 24.5 Å². The van der Waals surface area contributed by atoms with Gasteiger partial charge in [0.15, 0.2) is 11.5 Å². The van der Waals surface area contributed by atoms with Gasteiger partial charge in [-0.3, -0.25) is 9.59 Å². The number of hydrogen-bond acceptors (Lipinski definition) is 7. The van der Waals surface area contributed by atoms with Crippen molar-refractivity contribution in [3.63, 3.8) is 0 Å². The Morgan fingerprint density at radius 3 is 2.50 bits per heavy atom. The maximum Gasteiger partial charge on any atom is 0.355 e. The van der Waals surface area contributed by atoms with Crippen molar-refractivity contribution < 1.29 is 18.4 Å². The molecule has 2 aliphatic rings. The van der Waals surface area contributed by atoms with E-state index in [4.69, 9.17) is 0 Å². The number of benzene rings is 2. The molecule has 6 rings (SSSR count). The van der Waals surface area contributed by atoms with Gasteiger partial charge in [0.05, 0.1) is 28.0 Å². The van der Waals surface area contributed by atoms with Gasteiger partial charge in [0, 0.05) is 38.1 Å². The number of aromatic nitrogens is 3. The lowest BCUT2D eigenvalue weighted by atomic mass is 9.99. The SMILES string of the molecule is C=CC(=O)N1C[C@H](C)N(c2nc(=O)n3c4nc(c(F)cc24)-c2c(F)cccc2NC(=O)CCNc2cccc(C(C)C)c2-3)C[C@H]1C. The highest BCUT2D eigenvalue weighted by atomic mass is 19.1. The molecule has 10 nitrogen and oxygen atoms in total. The molecule has 0 unspecified atom stereocenters. The van der Waals surface area contributed by atoms with Gasteiger partial charge in [-0.2, -0.15) is 4.98 Å². The standard InChI is InChI=1S/C34H35F2N7O3/c1-6-28(45)41-16-20(5)42(17-19(41)4)32-22-15-24(36)30-29-23(35)10-8-11-25(29)38-27(44)13-14-37-26-12-7-9-21(18(2)3)31(26)43(33(22)39-30)34(46)40-32/h6-12,15,18-20,37H,1,13-14,16-17H2,2-5H3,(H,38,44)/t19-,20+/m1/s1. The Morgan fingerprint density at radius 1 is 1.02 bits per heavy atom. The number of rotatable bonds is 3. The van der Waals surface area contributed by atoms with Crippen molar-refractivity contribution in [3.05, 3.63) is 82.8 Å². The summed E-state index contributed by atoms with van der Waals surface area (Å²) in [4.78, 5) is 52.5. The third-order valence-electron chi connectivity index (χ3n) is 8.62. The molecule has 2 aromatic carbocycles. The summed E-state index contributed by atoms with van der Waals surface area (Å²) in [5.74, 6) is -2.09. The van der Waals surface area contributed by atoms with Crippen LogP contribution in [0.1, 0.15) is 45.6 Å². The van der Waals surface area contributed by atoms with Gasteiger partial charge in [0.25, 0.3) is 0 Å². The summed E-state index contributed by atoms with van der Waals surface area (Å²) in [6.45, 7) is 12.2. The monoisotopic (exact) mass is 627 g/mol. The van der Waals surface area contributed by atoms with E-state index in [0.717, 1.165) is 5.56 Å². The molecular formula is C34H35F2N7O3. The Labute approximate surface area is 264 Å². The van der Waals surface area contributed by atoms with Crippen molar-refractivity contribution >= 4 is 40.0 Å². The number of fused-ring (bicyclic) bond motifs is 5. The largest absolute Gasteiger partial charge is 0.383 e. The molecule has 238 valence electrons. The minimum Gasteiger partial charge on any atom is -0.383 e. The lowest BCUT2D eigenvalue weighted by Gasteiger charge is -2.44. The molecule has 4 aromatic rings. The molecule has 0 spiro atoms. The van der Waals surface area contributed by atoms with E-state index in [1.807, 2.05) is 44.7 Å². The Bertz CT molecular complexity index is 1960. The first-order valence-electron chi connectivity index (χ1n) is 15.3. The van der Waals surface area contributed by atoms with Crippen LogP contribution in [0.5, 0.6) is 0 Å². The van der Waals surface area contributed by atoms with E-state index in [1.54, 1.807) is 11.0 Å². The van der Waals surface area contributed by atoms with Crippen LogP contribution in [-0.4, -0.2) is 63.0 Å². The fraction of sp³-hybridized carbons (Fsp3) is 0.324. The molecule has 0 aliphatic carbocycles. The van der Waals surface area contributed by atoms with Gasteiger partial charge in [-0.25, -0.2) is 23.1 Å². The smallest absolute Gasteiger partial charge is 0.355 e. The van der Waals surface area contributed by atoms with Crippen LogP contribution in [0.15, 0.2) is 59.9 Å². The second-order valence-corrected chi connectivity index (χ2v) is 12.1. The highest BCUT2D eigenvalue weighted by Gasteiger charge is 2.34. The molecule has 4 heterocycles. The van der Waals surface area contributed by atoms with Gasteiger partial charge >= 0.3 is 5.69 Å². The van der Waals surface area contributed by atoms with Crippen LogP contribution in [0.4, 0.5) is 26.0 Å². The van der Waals surface area contributed by atoms with Crippen molar-refractivity contribution in [2.75, 3.05) is 35.2 Å². The van der Waals surface area contributed by atoms with Gasteiger partial charge in [-0.1, -0.05) is 38.6 Å². The zero-order valence-electron chi connectivity index (χ0n) is 26.1. The second-order valence-electron chi connectivity index (χ2n) is 12.1. The first kappa shape index (κ1) is 30.9. The summed E-state index contributed by atoms with van der Waals surface area (Å²) >= 11 is 0. The normalized spacial score (nSPS) is 18.2. The molecule has 2 bridgehead atoms. The van der Waals surface area contributed by atoms with Crippen LogP contribution < -0.4 is 21.2 Å². The quantitative estimate of drug-likeness (QED) is 0.300. The van der Waals surface area contributed by atoms with Crippen LogP contribution in [-0.2, 0) is 9.59 Å². The van der Waals surface area contributed by atoms with Crippen molar-refractivity contribution in [1.82, 2.24) is 19.4 Å². The molecule has 1 fully saturated rings. The number of pyridine rings is 1. The summed E-state index contributed by atoms with van der Waals surface area (Å²) in [6.07, 6.45) is 1.29. The fourth-order valence-corrected chi connectivity index (χ4v) is 6.36. The van der Waals surface area contributed by atoms with E-state index in [1.165, 1.54) is 34.9 Å². The number of carbonyl (C=O) groups excluding carboxylic acids is 2. The molecular weight excluding hydrogens is 592 g/mol. The average molecular weight is 628 g/mol. The third kappa shape index (κ3) is 5.27. The molecule has 1 saturated heterocycles. The minimum atomic E-state index is -0.854. The summed E-state index contributed by atoms with van der Waals surface area (Å²) in [7, 11) is 0. The zero-order chi connectivity index (χ0) is 32.9. The molecule has 12 heteroatoms. The Morgan fingerprint density at radius 2 is 1.76 bits per heavy atom. The summed E-state index contributed by atoms with van der Waals surface area (Å²) < 4.78 is 33.2. The minimum absolute atomic E-state index is 0.0205. The van der Waals surface area contributed by atoms with E-state index in [9.17, 15) is 14.4 Å². The predicted octanol–water partition coefficient (Wildman–Crippen LogP) is 5.22. The lowest BCUT2D eigenvalue weighted by Crippen LogP contribution is -2.58. The Balaban J connectivity index is 1.70. The first-order valence-corrected chi connectivity index (χ1v) is 15.3. The molecule has 0 saturated carbocycles. The van der Waals surface area contributed by atoms with E-state index >= 15 is 8.78 Å². The lowest BCUT2D eigenvalue weighted by molar-refractivity contribution is -0.128. The molecule has 2 atom stereocenters. The number of anilines is 3. The first-order chi connectivity index (χ1) is 22.0. The van der Waals surface area contributed by atoms with Gasteiger partial charge in [-0.15, -0.1) is 0 Å². The van der Waals surface area contributed by atoms with Crippen molar-refractivity contribution in [2.24, 2.45) is 0 Å². The number of halogens is 2. The second kappa shape index (κ2) is 12.0. The summed E-state index contributed by atoms with van der Waals surface area (Å²) in [5.41, 5.74) is 0.710. The Hall–Kier alpha value is -5.13. The van der Waals surface area contributed by atoms with Crippen LogP contribution >= 0.6 is 0 Å². The van der Waals surface area contributed by atoms with Crippen LogP contribution in [0.3, 0.4) is 0 Å². The number of amides is 2. The molecule has 2 amide bonds. The van der Waals surface area contributed by atoms with Gasteiger partial charge in [-0.05, 0) is 55.7 Å². The number of hydrogen-bond donors (Lipinski definition) is 2. The Kier molecular flexibility index (Phi) is 8.05. The number of carbonyl (C=O) groups is 2. The van der Waals surface area contributed by atoms with Crippen molar-refractivity contribution in [1.29, 1.82) is 0 Å². The summed E-state index contributed by atoms with van der Waals surface area (Å²) in [6, 6.07) is 10.3. The molecule has 2 N–H and O–H groups in total. The third-order valence-corrected chi connectivity index (χ3v) is 8.62. The van der Waals surface area contributed by atoms with Crippen molar-refractivity contribution in [3.8, 4) is 16.9 Å². The van der Waals surface area contributed by atoms with Crippen molar-refractivity contribution in [2.45, 2.75) is 52.1 Å². The number of para-hydroxylation sites is 1. The molecule has 0 radical (unpaired) electrons. The van der Waals surface area contributed by atoms with Gasteiger partial charge < -0.3 is 20.4 Å². The molecule has 46 heavy (non-hydrogen) atoms. The number of piperazine rings is 1. The highest BCUT2D eigenvalue weighted by Crippen LogP contribution is 2.38. The predicted molar refractivity (Wildman–Crippen MR) is 174 cm³/mol. The molecule has 2 aromatic heterocycles. The van der Waals surface area contributed by atoms with Crippen LogP contribution in [0.25, 0.3) is 28.0 Å². The van der Waals surface area contributed by atoms with E-state index < -0.39 is 23.2 Å². The van der Waals surface area contributed by atoms with E-state index in [-0.39, 0.29) is 70.7 Å². The maximum absolute atomic E-state index is 16.3. The number of nitrogens with one attached hydrogen (secondary N) is 2. The van der Waals surface area contributed by atoms with Crippen LogP contribution in [0.2, 0.25) is 0 Å². The van der Waals surface area contributed by atoms with Gasteiger partial charge in [0.2, 0.25) is 11.8 Å². The molecule has 2 aliphatic heterocycles. The zero-order valence-corrected chi connectivity index (χ0v) is 26.1. The maximum atomic E-state index is 16.3. The summed E-state index contributed by atoms with van der Waals surface area (Å²) in [5, 5.41) is 6.23.